The summed E-state index contributed by atoms with van der Waals surface area (Å²) < 4.78 is 0. The van der Waals surface area contributed by atoms with Crippen LogP contribution in [-0.4, -0.2) is 27.6 Å². The molecule has 0 unspecified atom stereocenters. The zero-order valence-corrected chi connectivity index (χ0v) is 11.3. The van der Waals surface area contributed by atoms with Gasteiger partial charge in [0.15, 0.2) is 0 Å². The fourth-order valence-corrected chi connectivity index (χ4v) is 2.03. The highest BCUT2D eigenvalue weighted by Gasteiger charge is 2.08. The number of amides is 1. The molecule has 20 heavy (non-hydrogen) atoms. The third-order valence-corrected chi connectivity index (χ3v) is 3.04. The minimum Gasteiger partial charge on any atom is -0.376 e. The van der Waals surface area contributed by atoms with Crippen molar-refractivity contribution in [2.45, 2.75) is 6.92 Å². The van der Waals surface area contributed by atoms with Crippen molar-refractivity contribution < 1.29 is 9.72 Å². The van der Waals surface area contributed by atoms with E-state index in [-0.39, 0.29) is 18.1 Å². The maximum absolute atomic E-state index is 11.6. The van der Waals surface area contributed by atoms with Crippen LogP contribution in [0.1, 0.15) is 5.01 Å². The molecule has 2 N–H and O–H groups in total. The number of nitro benzene ring substituents is 1. The standard InChI is InChI=1S/C11H11N5O3S/c1-7-14-15-11(20-7)13-10(17)6-12-8-3-2-4-9(5-8)16(18)19/h2-5,12H,6H2,1H3,(H,13,15,17). The Morgan fingerprint density at radius 2 is 2.25 bits per heavy atom. The molecule has 104 valence electrons. The van der Waals surface area contributed by atoms with E-state index in [0.29, 0.717) is 10.8 Å². The van der Waals surface area contributed by atoms with Gasteiger partial charge in [-0.05, 0) is 13.0 Å². The number of carbonyl (C=O) groups is 1. The third kappa shape index (κ3) is 3.72. The largest absolute Gasteiger partial charge is 0.376 e. The average Bonchev–Trinajstić information content (AvgIpc) is 2.82. The second kappa shape index (κ2) is 6.06. The molecule has 1 heterocycles. The third-order valence-electron chi connectivity index (χ3n) is 2.28. The highest BCUT2D eigenvalue weighted by Crippen LogP contribution is 2.17. The summed E-state index contributed by atoms with van der Waals surface area (Å²) in [7, 11) is 0. The number of non-ortho nitro benzene ring substituents is 1. The van der Waals surface area contributed by atoms with Crippen molar-refractivity contribution in [3.05, 3.63) is 39.4 Å². The molecule has 9 heteroatoms. The summed E-state index contributed by atoms with van der Waals surface area (Å²) in [5, 5.41) is 24.7. The molecule has 0 aliphatic rings. The second-order valence-electron chi connectivity index (χ2n) is 3.84. The number of anilines is 2. The minimum absolute atomic E-state index is 0.0141. The van der Waals surface area contributed by atoms with Crippen LogP contribution in [-0.2, 0) is 4.79 Å². The van der Waals surface area contributed by atoms with Gasteiger partial charge in [0.05, 0.1) is 11.5 Å². The van der Waals surface area contributed by atoms with Crippen molar-refractivity contribution in [1.29, 1.82) is 0 Å². The maximum Gasteiger partial charge on any atom is 0.271 e. The van der Waals surface area contributed by atoms with Crippen LogP contribution >= 0.6 is 11.3 Å². The lowest BCUT2D eigenvalue weighted by Gasteiger charge is -2.05. The van der Waals surface area contributed by atoms with Gasteiger partial charge in [-0.2, -0.15) is 0 Å². The lowest BCUT2D eigenvalue weighted by atomic mass is 10.3. The first-order valence-corrected chi connectivity index (χ1v) is 6.44. The quantitative estimate of drug-likeness (QED) is 0.642. The van der Waals surface area contributed by atoms with Crippen LogP contribution in [0.5, 0.6) is 0 Å². The Hall–Kier alpha value is -2.55. The number of nitrogens with zero attached hydrogens (tertiary/aromatic N) is 3. The zero-order chi connectivity index (χ0) is 14.5. The number of nitro groups is 1. The molecule has 2 aromatic rings. The molecule has 1 aromatic carbocycles. The summed E-state index contributed by atoms with van der Waals surface area (Å²) in [5.41, 5.74) is 0.470. The van der Waals surface area contributed by atoms with E-state index >= 15 is 0 Å². The lowest BCUT2D eigenvalue weighted by molar-refractivity contribution is -0.384. The van der Waals surface area contributed by atoms with E-state index in [4.69, 9.17) is 0 Å². The number of aromatic nitrogens is 2. The summed E-state index contributed by atoms with van der Waals surface area (Å²) >= 11 is 1.27. The number of hydrogen-bond acceptors (Lipinski definition) is 7. The molecule has 1 aromatic heterocycles. The Bertz CT molecular complexity index is 642. The molecule has 1 amide bonds. The van der Waals surface area contributed by atoms with Crippen LogP contribution in [0.4, 0.5) is 16.5 Å². The minimum atomic E-state index is -0.491. The van der Waals surface area contributed by atoms with Gasteiger partial charge in [0.2, 0.25) is 11.0 Å². The Morgan fingerprint density at radius 1 is 1.45 bits per heavy atom. The predicted octanol–water partition coefficient (Wildman–Crippen LogP) is 1.81. The van der Waals surface area contributed by atoms with E-state index < -0.39 is 4.92 Å². The van der Waals surface area contributed by atoms with Crippen molar-refractivity contribution in [2.75, 3.05) is 17.2 Å². The van der Waals surface area contributed by atoms with Crippen molar-refractivity contribution in [3.63, 3.8) is 0 Å². The number of nitrogens with one attached hydrogen (secondary N) is 2. The topological polar surface area (TPSA) is 110 Å². The number of rotatable bonds is 5. The van der Waals surface area contributed by atoms with Gasteiger partial charge in [-0.25, -0.2) is 0 Å². The zero-order valence-electron chi connectivity index (χ0n) is 10.5. The molecular weight excluding hydrogens is 282 g/mol. The van der Waals surface area contributed by atoms with Gasteiger partial charge >= 0.3 is 0 Å². The highest BCUT2D eigenvalue weighted by atomic mass is 32.1. The monoisotopic (exact) mass is 293 g/mol. The summed E-state index contributed by atoms with van der Waals surface area (Å²) in [6.45, 7) is 1.77. The molecule has 2 rings (SSSR count). The fourth-order valence-electron chi connectivity index (χ4n) is 1.42. The van der Waals surface area contributed by atoms with Gasteiger partial charge in [-0.1, -0.05) is 17.4 Å². The first-order valence-electron chi connectivity index (χ1n) is 5.63. The smallest absolute Gasteiger partial charge is 0.271 e. The van der Waals surface area contributed by atoms with Crippen LogP contribution < -0.4 is 10.6 Å². The predicted molar refractivity (Wildman–Crippen MR) is 74.9 cm³/mol. The van der Waals surface area contributed by atoms with E-state index in [1.54, 1.807) is 19.1 Å². The van der Waals surface area contributed by atoms with E-state index in [2.05, 4.69) is 20.8 Å². The van der Waals surface area contributed by atoms with E-state index in [0.717, 1.165) is 5.01 Å². The number of aryl methyl sites for hydroxylation is 1. The fraction of sp³-hybridized carbons (Fsp3) is 0.182. The molecule has 0 saturated carbocycles. The number of carbonyl (C=O) groups excluding carboxylic acids is 1. The van der Waals surface area contributed by atoms with Crippen LogP contribution in [0.15, 0.2) is 24.3 Å². The van der Waals surface area contributed by atoms with Gasteiger partial charge < -0.3 is 5.32 Å². The molecule has 0 bridgehead atoms. The Kier molecular flexibility index (Phi) is 4.20. The Morgan fingerprint density at radius 3 is 2.90 bits per heavy atom. The average molecular weight is 293 g/mol. The van der Waals surface area contributed by atoms with Crippen molar-refractivity contribution in [3.8, 4) is 0 Å². The number of hydrogen-bond donors (Lipinski definition) is 2. The highest BCUT2D eigenvalue weighted by molar-refractivity contribution is 7.15. The molecule has 8 nitrogen and oxygen atoms in total. The molecule has 0 saturated heterocycles. The number of benzene rings is 1. The molecule has 0 spiro atoms. The molecular formula is C11H11N5O3S. The molecule has 0 aliphatic carbocycles. The first-order chi connectivity index (χ1) is 9.54. The Labute approximate surface area is 118 Å². The van der Waals surface area contributed by atoms with E-state index in [1.165, 1.54) is 23.5 Å². The maximum atomic E-state index is 11.6. The summed E-state index contributed by atoms with van der Waals surface area (Å²) in [6.07, 6.45) is 0. The van der Waals surface area contributed by atoms with Gasteiger partial charge in [0.25, 0.3) is 5.69 Å². The van der Waals surface area contributed by atoms with Crippen molar-refractivity contribution >= 4 is 33.8 Å². The lowest BCUT2D eigenvalue weighted by Crippen LogP contribution is -2.21. The van der Waals surface area contributed by atoms with Gasteiger partial charge in [-0.3, -0.25) is 20.2 Å². The summed E-state index contributed by atoms with van der Waals surface area (Å²) in [6, 6.07) is 5.94. The van der Waals surface area contributed by atoms with Crippen LogP contribution in [0, 0.1) is 17.0 Å². The van der Waals surface area contributed by atoms with Crippen LogP contribution in [0.25, 0.3) is 0 Å². The van der Waals surface area contributed by atoms with Gasteiger partial charge in [0, 0.05) is 17.8 Å². The Balaban J connectivity index is 1.90. The van der Waals surface area contributed by atoms with E-state index in [9.17, 15) is 14.9 Å². The molecule has 0 radical (unpaired) electrons. The normalized spacial score (nSPS) is 10.1. The SMILES string of the molecule is Cc1nnc(NC(=O)CNc2cccc([N+](=O)[O-])c2)s1. The molecule has 0 fully saturated rings. The second-order valence-corrected chi connectivity index (χ2v) is 5.02. The summed E-state index contributed by atoms with van der Waals surface area (Å²) in [5.74, 6) is -0.298. The van der Waals surface area contributed by atoms with E-state index in [1.807, 2.05) is 0 Å². The summed E-state index contributed by atoms with van der Waals surface area (Å²) in [4.78, 5) is 21.8. The first kappa shape index (κ1) is 13.9. The van der Waals surface area contributed by atoms with Gasteiger partial charge in [0.1, 0.15) is 5.01 Å². The molecule has 0 atom stereocenters. The molecule has 0 aliphatic heterocycles. The van der Waals surface area contributed by atoms with Crippen LogP contribution in [0.3, 0.4) is 0 Å². The van der Waals surface area contributed by atoms with Crippen LogP contribution in [0.2, 0.25) is 0 Å². The van der Waals surface area contributed by atoms with Gasteiger partial charge in [-0.15, -0.1) is 10.2 Å². The van der Waals surface area contributed by atoms with Crippen molar-refractivity contribution in [1.82, 2.24) is 10.2 Å². The van der Waals surface area contributed by atoms with Crippen molar-refractivity contribution in [2.24, 2.45) is 0 Å².